The molecule has 608 valence electrons. The van der Waals surface area contributed by atoms with E-state index in [1.54, 1.807) is 72.1 Å². The van der Waals surface area contributed by atoms with Gasteiger partial charge in [-0.2, -0.15) is 108 Å². The van der Waals surface area contributed by atoms with Crippen LogP contribution in [-0.4, -0.2) is 167 Å². The van der Waals surface area contributed by atoms with Crippen LogP contribution in [0.2, 0.25) is 0 Å². The molecule has 3 N–H and O–H groups in total. The molecule has 19 nitrogen and oxygen atoms in total. The number of Topliss-reactive ketones (excluding diaryl/α,β-unsaturated/α-hetero) is 3. The van der Waals surface area contributed by atoms with Crippen molar-refractivity contribution in [3.8, 4) is 0 Å². The van der Waals surface area contributed by atoms with Crippen molar-refractivity contribution in [1.82, 2.24) is 30.2 Å². The van der Waals surface area contributed by atoms with E-state index in [2.05, 4.69) is 10.6 Å². The molecule has 2 heterocycles. The Balaban J connectivity index is -0.000000433. The van der Waals surface area contributed by atoms with Gasteiger partial charge in [0, 0.05) is 84.7 Å². The summed E-state index contributed by atoms with van der Waals surface area (Å²) in [5, 5.41) is 16.4. The summed E-state index contributed by atoms with van der Waals surface area (Å²) >= 11 is 0. The van der Waals surface area contributed by atoms with Gasteiger partial charge < -0.3 is 35.0 Å². The maximum Gasteiger partial charge on any atom is 0.410 e. The first-order chi connectivity index (χ1) is 45.6. The number of hydrogen-bond acceptors (Lipinski definition) is 12. The summed E-state index contributed by atoms with van der Waals surface area (Å²) in [7, 11) is 3.00. The fourth-order valence-corrected chi connectivity index (χ4v) is 14.2. The van der Waals surface area contributed by atoms with E-state index in [0.29, 0.717) is 38.8 Å². The van der Waals surface area contributed by atoms with Crippen LogP contribution in [0, 0.1) is 23.7 Å². The van der Waals surface area contributed by atoms with Gasteiger partial charge in [-0.3, -0.25) is 48.2 Å². The van der Waals surface area contributed by atoms with Gasteiger partial charge in [0.2, 0.25) is 23.6 Å². The third-order valence-electron chi connectivity index (χ3n) is 19.6. The molecule has 4 aromatic rings. The number of carbonyl (C=O) groups is 10. The Bertz CT molecular complexity index is 3030. The molecule has 4 fully saturated rings. The van der Waals surface area contributed by atoms with Gasteiger partial charge in [-0.15, -0.1) is 0 Å². The number of nitrogens with one attached hydrogen (secondary N) is 2. The first-order valence-electron chi connectivity index (χ1n) is 34.7. The normalized spacial score (nSPS) is 16.8. The second-order valence-corrected chi connectivity index (χ2v) is 28.8. The maximum absolute atomic E-state index is 14.4. The molecule has 0 unspecified atom stereocenters. The van der Waals surface area contributed by atoms with Crippen LogP contribution >= 0.6 is 108 Å². The number of likely N-dealkylation sites (tertiary alicyclic amines) is 2. The zero-order valence-electron chi connectivity index (χ0n) is 63.4. The predicted molar refractivity (Wildman–Crippen MR) is 470 cm³/mol. The van der Waals surface area contributed by atoms with Gasteiger partial charge in [0.05, 0.1) is 18.0 Å². The minimum absolute atomic E-state index is 0. The molecule has 0 spiro atoms. The van der Waals surface area contributed by atoms with E-state index in [1.165, 1.54) is 23.9 Å². The van der Waals surface area contributed by atoms with Crippen LogP contribution < -0.4 is 10.6 Å². The van der Waals surface area contributed by atoms with Crippen LogP contribution in [0.1, 0.15) is 214 Å². The topological polar surface area (TPSA) is 246 Å². The van der Waals surface area contributed by atoms with Gasteiger partial charge in [0.1, 0.15) is 41.2 Å². The molecular weight excluding hydrogens is 1560 g/mol. The molecule has 2 aliphatic carbocycles. The number of benzene rings is 4. The molecule has 108 heavy (non-hydrogen) atoms. The zero-order valence-corrected chi connectivity index (χ0v) is 72.8. The number of amides is 6. The number of carboxylic acid groups (broad SMARTS) is 1. The van der Waals surface area contributed by atoms with E-state index in [-0.39, 0.29) is 210 Å². The van der Waals surface area contributed by atoms with Crippen LogP contribution in [0.3, 0.4) is 0 Å². The van der Waals surface area contributed by atoms with Crippen LogP contribution in [0.4, 0.5) is 9.59 Å². The fraction of sp³-hybridized carbons (Fsp3) is 0.570. The van der Waals surface area contributed by atoms with E-state index in [4.69, 9.17) is 9.47 Å². The maximum atomic E-state index is 14.4. The molecular formula is C79H128BN6O13S8V. The van der Waals surface area contributed by atoms with Crippen molar-refractivity contribution >= 4 is 176 Å². The molecule has 4 aromatic carbocycles. The number of ketones is 3. The van der Waals surface area contributed by atoms with Crippen molar-refractivity contribution < 1.29 is 81.1 Å². The van der Waals surface area contributed by atoms with E-state index in [9.17, 15) is 53.1 Å². The predicted octanol–water partition coefficient (Wildman–Crippen LogP) is 13.9. The van der Waals surface area contributed by atoms with Gasteiger partial charge in [-0.05, 0) is 148 Å². The smallest absolute Gasteiger partial charge is 0.410 e. The summed E-state index contributed by atoms with van der Waals surface area (Å²) in [5.74, 6) is -5.79. The monoisotopic (exact) mass is 1690 g/mol. The quantitative estimate of drug-likeness (QED) is 0.0553. The van der Waals surface area contributed by atoms with Crippen molar-refractivity contribution in [2.75, 3.05) is 27.2 Å². The SMILES string of the molecule is C.C.CC(=O)[C@@H](CC(=O)[C@@H]1CCCN1C(=O)[C@@H](NC(=O)[C@H](C)N(C)C(=O)OC(C)(C)C)C1CCCCC1)C(c1ccccc1)c1ccccc1.C[C@@H](C(=O)N[C@H](C(=O)N1CCC[C@H]1C(=O)C[C@H](C(=O)O)C(c1ccccc1)c1ccccc1)C1CCCCC1)N(C)C(=O)OC(C)(C)C.S.S.S.S.S.S.S.S.[B].[V]. The van der Waals surface area contributed by atoms with Gasteiger partial charge in [-0.1, -0.05) is 175 Å². The number of likely N-dealkylation sites (N-methyl/N-ethyl adjacent to an activating group) is 2. The fourth-order valence-electron chi connectivity index (χ4n) is 14.2. The summed E-state index contributed by atoms with van der Waals surface area (Å²) in [5.41, 5.74) is 2.07. The average Bonchev–Trinajstić information content (AvgIpc) is 1.36. The Labute approximate surface area is 714 Å². The van der Waals surface area contributed by atoms with Crippen molar-refractivity contribution in [2.24, 2.45) is 23.7 Å². The average molecular weight is 1690 g/mol. The van der Waals surface area contributed by atoms with Crippen LogP contribution in [0.15, 0.2) is 121 Å². The second kappa shape index (κ2) is 54.0. The molecule has 4 radical (unpaired) electrons. The third-order valence-corrected chi connectivity index (χ3v) is 19.6. The first-order valence-corrected chi connectivity index (χ1v) is 34.7. The Morgan fingerprint density at radius 1 is 0.454 bits per heavy atom. The van der Waals surface area contributed by atoms with Crippen molar-refractivity contribution in [3.63, 3.8) is 0 Å². The van der Waals surface area contributed by atoms with Crippen molar-refractivity contribution in [2.45, 2.75) is 239 Å². The van der Waals surface area contributed by atoms with Crippen LogP contribution in [0.25, 0.3) is 0 Å². The molecule has 6 amide bonds. The summed E-state index contributed by atoms with van der Waals surface area (Å²) in [6.07, 6.45) is 9.72. The van der Waals surface area contributed by atoms with Crippen LogP contribution in [-0.2, 0) is 66.4 Å². The Morgan fingerprint density at radius 2 is 0.722 bits per heavy atom. The first kappa shape index (κ1) is 114. The Kier molecular flexibility index (Phi) is 57.1. The summed E-state index contributed by atoms with van der Waals surface area (Å²) in [6.45, 7) is 16.0. The molecule has 0 aromatic heterocycles. The molecule has 0 bridgehead atoms. The Hall–Kier alpha value is -4.77. The third kappa shape index (κ3) is 32.4. The number of nitrogens with zero attached hydrogens (tertiary/aromatic N) is 4. The minimum atomic E-state index is -1.08. The summed E-state index contributed by atoms with van der Waals surface area (Å²) in [6, 6.07) is 33.3. The summed E-state index contributed by atoms with van der Waals surface area (Å²) < 4.78 is 10.9. The molecule has 4 aliphatic rings. The van der Waals surface area contributed by atoms with E-state index in [0.717, 1.165) is 86.5 Å². The Morgan fingerprint density at radius 3 is 0.981 bits per heavy atom. The van der Waals surface area contributed by atoms with Crippen molar-refractivity contribution in [1.29, 1.82) is 0 Å². The number of hydrogen-bond donors (Lipinski definition) is 3. The number of aliphatic carboxylic acids is 1. The zero-order chi connectivity index (χ0) is 70.0. The van der Waals surface area contributed by atoms with Crippen molar-refractivity contribution in [3.05, 3.63) is 144 Å². The van der Waals surface area contributed by atoms with E-state index >= 15 is 0 Å². The number of carboxylic acids is 1. The van der Waals surface area contributed by atoms with Crippen LogP contribution in [0.5, 0.6) is 0 Å². The second-order valence-electron chi connectivity index (χ2n) is 28.8. The van der Waals surface area contributed by atoms with Gasteiger partial charge in [0.25, 0.3) is 0 Å². The number of ether oxygens (including phenoxy) is 2. The molecule has 8 atom stereocenters. The largest absolute Gasteiger partial charge is 0.481 e. The molecule has 2 saturated carbocycles. The number of carbonyl (C=O) groups excluding carboxylic acids is 9. The van der Waals surface area contributed by atoms with E-state index in [1.807, 2.05) is 121 Å². The standard InChI is InChI=1S/C39H53N3O6.C38H51N3O7.2CH4.B.8H2S.V/c1-26(41(6)38(47)48-39(3,4)5)36(45)40-35(30-21-14-9-15-22-30)37(46)42-24-16-23-32(42)33(44)25-31(27(2)43)34(28-17-10-7-11-18-28)29-19-12-8-13-20-29;1-25(40(5)37(47)48-38(2,3)4)34(43)39-33(28-20-13-8-14-21-28)35(44)41-23-15-22-30(41)31(42)24-29(36(45)46)32(26-16-9-6-10-17-26)27-18-11-7-12-19-27;;;;;;;;;;;;/h7-8,10-13,17-20,26,30-32,34-35H,9,14-16,21-25H2,1-6H3,(H,40,45);6-7,9-12,16-19,25,28-30,32-33H,8,13-15,20-24H2,1-5H3,(H,39,43)(H,45,46);2*1H4;;8*1H2;/t26-,31+,32-,35-;25-,29-,30-,33-;;;;;;;;;;;;/m00............/s1. The molecule has 8 rings (SSSR count). The van der Waals surface area contributed by atoms with E-state index < -0.39 is 95.2 Å². The van der Waals surface area contributed by atoms with Gasteiger partial charge in [0.15, 0.2) is 11.6 Å². The van der Waals surface area contributed by atoms with Gasteiger partial charge >= 0.3 is 18.2 Å². The molecule has 2 saturated heterocycles. The molecule has 2 aliphatic heterocycles. The minimum Gasteiger partial charge on any atom is -0.481 e. The molecule has 29 heteroatoms. The summed E-state index contributed by atoms with van der Waals surface area (Å²) in [4.78, 5) is 141. The van der Waals surface area contributed by atoms with Gasteiger partial charge in [-0.25, -0.2) is 9.59 Å². The number of rotatable bonds is 24.